The summed E-state index contributed by atoms with van der Waals surface area (Å²) in [6, 6.07) is 10.9. The van der Waals surface area contributed by atoms with Crippen LogP contribution < -0.4 is 11.3 Å². The minimum Gasteiger partial charge on any atom is -0.271 e. The lowest BCUT2D eigenvalue weighted by Gasteiger charge is -2.18. The maximum atomic E-state index is 14.0. The van der Waals surface area contributed by atoms with Crippen molar-refractivity contribution < 1.29 is 8.78 Å². The molecular formula is C17H20F2N2. The van der Waals surface area contributed by atoms with Crippen LogP contribution >= 0.6 is 0 Å². The summed E-state index contributed by atoms with van der Waals surface area (Å²) in [7, 11) is 0. The number of benzene rings is 2. The van der Waals surface area contributed by atoms with E-state index in [0.717, 1.165) is 12.0 Å². The normalized spacial score (nSPS) is 12.4. The molecule has 0 saturated carbocycles. The molecule has 4 heteroatoms. The highest BCUT2D eigenvalue weighted by Crippen LogP contribution is 2.24. The minimum atomic E-state index is -0.817. The highest BCUT2D eigenvalue weighted by molar-refractivity contribution is 5.28. The zero-order valence-corrected chi connectivity index (χ0v) is 12.3. The summed E-state index contributed by atoms with van der Waals surface area (Å²) in [5, 5.41) is 0. The third kappa shape index (κ3) is 3.65. The standard InChI is InChI=1S/C17H20F2N2/c1-11-4-3-5-13(10-11)7-9-15(21-20)14-8-6-12(2)16(18)17(14)19/h3-6,8,10,15,21H,7,9,20H2,1-2H3. The molecule has 2 rings (SSSR count). The quantitative estimate of drug-likeness (QED) is 0.650. The second-order valence-electron chi connectivity index (χ2n) is 5.35. The molecule has 0 aliphatic heterocycles. The maximum Gasteiger partial charge on any atom is 0.163 e. The number of aryl methyl sites for hydroxylation is 3. The van der Waals surface area contributed by atoms with Crippen LogP contribution in [0.25, 0.3) is 0 Å². The Morgan fingerprint density at radius 3 is 2.52 bits per heavy atom. The fraction of sp³-hybridized carbons (Fsp3) is 0.294. The number of hydrazine groups is 1. The monoisotopic (exact) mass is 290 g/mol. The topological polar surface area (TPSA) is 38.0 Å². The van der Waals surface area contributed by atoms with Crippen molar-refractivity contribution in [3.8, 4) is 0 Å². The molecule has 1 unspecified atom stereocenters. The first-order valence-electron chi connectivity index (χ1n) is 6.99. The second-order valence-corrected chi connectivity index (χ2v) is 5.35. The summed E-state index contributed by atoms with van der Waals surface area (Å²) in [6.07, 6.45) is 1.34. The van der Waals surface area contributed by atoms with Crippen molar-refractivity contribution in [2.24, 2.45) is 5.84 Å². The van der Waals surface area contributed by atoms with Crippen LogP contribution in [-0.2, 0) is 6.42 Å². The van der Waals surface area contributed by atoms with Crippen LogP contribution in [0.3, 0.4) is 0 Å². The van der Waals surface area contributed by atoms with E-state index < -0.39 is 17.7 Å². The lowest BCUT2D eigenvalue weighted by atomic mass is 9.97. The molecular weight excluding hydrogens is 270 g/mol. The average molecular weight is 290 g/mol. The van der Waals surface area contributed by atoms with Gasteiger partial charge in [-0.25, -0.2) is 8.78 Å². The van der Waals surface area contributed by atoms with Gasteiger partial charge in [0.25, 0.3) is 0 Å². The highest BCUT2D eigenvalue weighted by Gasteiger charge is 2.18. The number of rotatable bonds is 5. The summed E-state index contributed by atoms with van der Waals surface area (Å²) in [4.78, 5) is 0. The van der Waals surface area contributed by atoms with Gasteiger partial charge in [0.05, 0.1) is 0 Å². The zero-order valence-electron chi connectivity index (χ0n) is 12.3. The van der Waals surface area contributed by atoms with Gasteiger partial charge in [-0.1, -0.05) is 42.0 Å². The van der Waals surface area contributed by atoms with Gasteiger partial charge in [0.1, 0.15) is 0 Å². The third-order valence-corrected chi connectivity index (χ3v) is 3.69. The summed E-state index contributed by atoms with van der Waals surface area (Å²) in [6.45, 7) is 3.57. The third-order valence-electron chi connectivity index (χ3n) is 3.69. The van der Waals surface area contributed by atoms with Crippen LogP contribution in [0, 0.1) is 25.5 Å². The van der Waals surface area contributed by atoms with E-state index in [-0.39, 0.29) is 5.56 Å². The molecule has 1 atom stereocenters. The van der Waals surface area contributed by atoms with Crippen LogP contribution in [0.5, 0.6) is 0 Å². The molecule has 2 aromatic carbocycles. The maximum absolute atomic E-state index is 14.0. The largest absolute Gasteiger partial charge is 0.271 e. The Hall–Kier alpha value is -1.78. The lowest BCUT2D eigenvalue weighted by Crippen LogP contribution is -2.29. The fourth-order valence-electron chi connectivity index (χ4n) is 2.44. The van der Waals surface area contributed by atoms with Gasteiger partial charge in [-0.3, -0.25) is 11.3 Å². The predicted octanol–water partition coefficient (Wildman–Crippen LogP) is 3.72. The number of hydrogen-bond donors (Lipinski definition) is 2. The van der Waals surface area contributed by atoms with E-state index in [0.29, 0.717) is 12.0 Å². The van der Waals surface area contributed by atoms with Gasteiger partial charge in [-0.05, 0) is 37.8 Å². The molecule has 0 amide bonds. The van der Waals surface area contributed by atoms with E-state index in [1.807, 2.05) is 25.1 Å². The molecule has 3 N–H and O–H groups in total. The highest BCUT2D eigenvalue weighted by atomic mass is 19.2. The van der Waals surface area contributed by atoms with Crippen LogP contribution in [0.15, 0.2) is 36.4 Å². The lowest BCUT2D eigenvalue weighted by molar-refractivity contribution is 0.449. The van der Waals surface area contributed by atoms with E-state index >= 15 is 0 Å². The summed E-state index contributed by atoms with van der Waals surface area (Å²) >= 11 is 0. The Bertz CT molecular complexity index is 626. The number of nitrogens with two attached hydrogens (primary N) is 1. The SMILES string of the molecule is Cc1cccc(CCC(NN)c2ccc(C)c(F)c2F)c1. The van der Waals surface area contributed by atoms with Crippen molar-refractivity contribution in [1.82, 2.24) is 5.43 Å². The Labute approximate surface area is 124 Å². The van der Waals surface area contributed by atoms with Crippen LogP contribution in [0.2, 0.25) is 0 Å². The van der Waals surface area contributed by atoms with E-state index in [1.54, 1.807) is 19.1 Å². The molecule has 0 saturated heterocycles. The number of nitrogens with one attached hydrogen (secondary N) is 1. The minimum absolute atomic E-state index is 0.272. The van der Waals surface area contributed by atoms with E-state index in [9.17, 15) is 8.78 Å². The summed E-state index contributed by atoms with van der Waals surface area (Å²) in [5.74, 6) is 3.90. The van der Waals surface area contributed by atoms with Crippen molar-refractivity contribution in [3.05, 3.63) is 70.3 Å². The Balaban J connectivity index is 2.15. The molecule has 112 valence electrons. The Kier molecular flexibility index (Phi) is 5.04. The van der Waals surface area contributed by atoms with Gasteiger partial charge in [-0.2, -0.15) is 0 Å². The molecule has 0 fully saturated rings. The van der Waals surface area contributed by atoms with Gasteiger partial charge >= 0.3 is 0 Å². The van der Waals surface area contributed by atoms with E-state index in [2.05, 4.69) is 11.5 Å². The van der Waals surface area contributed by atoms with E-state index in [1.165, 1.54) is 5.56 Å². The van der Waals surface area contributed by atoms with E-state index in [4.69, 9.17) is 5.84 Å². The predicted molar refractivity (Wildman–Crippen MR) is 80.7 cm³/mol. The van der Waals surface area contributed by atoms with Gasteiger partial charge < -0.3 is 0 Å². The molecule has 0 spiro atoms. The van der Waals surface area contributed by atoms with Crippen LogP contribution in [-0.4, -0.2) is 0 Å². The molecule has 0 bridgehead atoms. The molecule has 0 aliphatic rings. The van der Waals surface area contributed by atoms with Crippen molar-refractivity contribution in [2.75, 3.05) is 0 Å². The van der Waals surface area contributed by atoms with Crippen LogP contribution in [0.1, 0.15) is 34.7 Å². The molecule has 0 heterocycles. The number of hydrogen-bond acceptors (Lipinski definition) is 2. The van der Waals surface area contributed by atoms with Crippen molar-refractivity contribution in [2.45, 2.75) is 32.7 Å². The second kappa shape index (κ2) is 6.78. The molecule has 21 heavy (non-hydrogen) atoms. The first-order chi connectivity index (χ1) is 10.0. The Morgan fingerprint density at radius 2 is 1.86 bits per heavy atom. The first kappa shape index (κ1) is 15.6. The van der Waals surface area contributed by atoms with Gasteiger partial charge in [0.15, 0.2) is 11.6 Å². The molecule has 0 aliphatic carbocycles. The van der Waals surface area contributed by atoms with Gasteiger partial charge in [-0.15, -0.1) is 0 Å². The molecule has 2 aromatic rings. The molecule has 0 aromatic heterocycles. The summed E-state index contributed by atoms with van der Waals surface area (Å²) < 4.78 is 27.7. The van der Waals surface area contributed by atoms with Gasteiger partial charge in [0.2, 0.25) is 0 Å². The van der Waals surface area contributed by atoms with Crippen molar-refractivity contribution >= 4 is 0 Å². The van der Waals surface area contributed by atoms with Crippen molar-refractivity contribution in [1.29, 1.82) is 0 Å². The first-order valence-corrected chi connectivity index (χ1v) is 6.99. The molecule has 2 nitrogen and oxygen atoms in total. The molecule has 0 radical (unpaired) electrons. The average Bonchev–Trinajstić information content (AvgIpc) is 2.47. The van der Waals surface area contributed by atoms with Crippen molar-refractivity contribution in [3.63, 3.8) is 0 Å². The van der Waals surface area contributed by atoms with Crippen LogP contribution in [0.4, 0.5) is 8.78 Å². The smallest absolute Gasteiger partial charge is 0.163 e. The summed E-state index contributed by atoms with van der Waals surface area (Å²) in [5.41, 5.74) is 5.49. The number of halogens is 2. The zero-order chi connectivity index (χ0) is 15.4. The fourth-order valence-corrected chi connectivity index (χ4v) is 2.44. The van der Waals surface area contributed by atoms with Gasteiger partial charge in [0, 0.05) is 11.6 Å². The Morgan fingerprint density at radius 1 is 1.10 bits per heavy atom.